The standard InChI is InChI=1S/C15H21Cl2NO/c1-10-8-13(15(17)11(2)14(10)16)19-7-5-12-4-3-6-18-9-12/h8,12,18H,3-7,9H2,1-2H3. The molecule has 1 fully saturated rings. The van der Waals surface area contributed by atoms with E-state index in [0.717, 1.165) is 47.3 Å². The molecular weight excluding hydrogens is 281 g/mol. The van der Waals surface area contributed by atoms with Gasteiger partial charge in [0.1, 0.15) is 5.75 Å². The Morgan fingerprint density at radius 3 is 2.79 bits per heavy atom. The van der Waals surface area contributed by atoms with Crippen LogP contribution in [0.1, 0.15) is 30.4 Å². The third kappa shape index (κ3) is 3.77. The van der Waals surface area contributed by atoms with Gasteiger partial charge in [-0.2, -0.15) is 0 Å². The van der Waals surface area contributed by atoms with Crippen LogP contribution in [0.4, 0.5) is 0 Å². The van der Waals surface area contributed by atoms with Gasteiger partial charge in [-0.05, 0) is 69.3 Å². The monoisotopic (exact) mass is 301 g/mol. The van der Waals surface area contributed by atoms with Gasteiger partial charge in [0, 0.05) is 5.02 Å². The van der Waals surface area contributed by atoms with Gasteiger partial charge >= 0.3 is 0 Å². The van der Waals surface area contributed by atoms with Gasteiger partial charge in [0.2, 0.25) is 0 Å². The van der Waals surface area contributed by atoms with Gasteiger partial charge in [-0.3, -0.25) is 0 Å². The fourth-order valence-electron chi connectivity index (χ4n) is 2.51. The number of nitrogens with one attached hydrogen (secondary N) is 1. The molecule has 1 atom stereocenters. The maximum atomic E-state index is 6.27. The maximum Gasteiger partial charge on any atom is 0.138 e. The topological polar surface area (TPSA) is 21.3 Å². The summed E-state index contributed by atoms with van der Waals surface area (Å²) < 4.78 is 5.84. The zero-order valence-electron chi connectivity index (χ0n) is 11.6. The van der Waals surface area contributed by atoms with E-state index in [4.69, 9.17) is 27.9 Å². The smallest absolute Gasteiger partial charge is 0.138 e. The second kappa shape index (κ2) is 6.83. The van der Waals surface area contributed by atoms with E-state index in [1.54, 1.807) is 0 Å². The predicted molar refractivity (Wildman–Crippen MR) is 81.6 cm³/mol. The largest absolute Gasteiger partial charge is 0.492 e. The van der Waals surface area contributed by atoms with E-state index >= 15 is 0 Å². The van der Waals surface area contributed by atoms with Crippen molar-refractivity contribution in [3.8, 4) is 5.75 Å². The van der Waals surface area contributed by atoms with Crippen molar-refractivity contribution in [2.45, 2.75) is 33.1 Å². The van der Waals surface area contributed by atoms with E-state index in [-0.39, 0.29) is 0 Å². The van der Waals surface area contributed by atoms with Crippen molar-refractivity contribution in [3.05, 3.63) is 27.2 Å². The van der Waals surface area contributed by atoms with Gasteiger partial charge in [-0.25, -0.2) is 0 Å². The Kier molecular flexibility index (Phi) is 5.37. The van der Waals surface area contributed by atoms with Crippen molar-refractivity contribution in [3.63, 3.8) is 0 Å². The first kappa shape index (κ1) is 15.0. The predicted octanol–water partition coefficient (Wildman–Crippen LogP) is 4.38. The highest BCUT2D eigenvalue weighted by Crippen LogP contribution is 2.35. The summed E-state index contributed by atoms with van der Waals surface area (Å²) in [5, 5.41) is 4.79. The van der Waals surface area contributed by atoms with E-state index in [2.05, 4.69) is 5.32 Å². The summed E-state index contributed by atoms with van der Waals surface area (Å²) in [6.45, 7) is 6.88. The van der Waals surface area contributed by atoms with Gasteiger partial charge < -0.3 is 10.1 Å². The van der Waals surface area contributed by atoms with Crippen LogP contribution >= 0.6 is 23.2 Å². The molecule has 4 heteroatoms. The Balaban J connectivity index is 1.92. The van der Waals surface area contributed by atoms with Crippen LogP contribution < -0.4 is 10.1 Å². The average molecular weight is 302 g/mol. The minimum absolute atomic E-state index is 0.636. The molecule has 0 radical (unpaired) electrons. The molecule has 2 rings (SSSR count). The lowest BCUT2D eigenvalue weighted by Gasteiger charge is -2.22. The van der Waals surface area contributed by atoms with E-state index < -0.39 is 0 Å². The van der Waals surface area contributed by atoms with Crippen molar-refractivity contribution < 1.29 is 4.74 Å². The number of benzene rings is 1. The molecule has 1 aromatic carbocycles. The second-order valence-corrected chi connectivity index (χ2v) is 6.05. The minimum Gasteiger partial charge on any atom is -0.492 e. The number of ether oxygens (including phenoxy) is 1. The molecule has 106 valence electrons. The third-order valence-electron chi connectivity index (χ3n) is 3.75. The molecule has 1 unspecified atom stereocenters. The Hall–Kier alpha value is -0.440. The van der Waals surface area contributed by atoms with Gasteiger partial charge in [0.15, 0.2) is 0 Å². The molecule has 1 aliphatic rings. The fraction of sp³-hybridized carbons (Fsp3) is 0.600. The molecule has 1 N–H and O–H groups in total. The first-order chi connectivity index (χ1) is 9.09. The lowest BCUT2D eigenvalue weighted by molar-refractivity contribution is 0.254. The quantitative estimate of drug-likeness (QED) is 0.891. The van der Waals surface area contributed by atoms with Crippen LogP contribution in [0.5, 0.6) is 5.75 Å². The summed E-state index contributed by atoms with van der Waals surface area (Å²) in [4.78, 5) is 0. The van der Waals surface area contributed by atoms with Crippen molar-refractivity contribution >= 4 is 23.2 Å². The number of halogens is 2. The molecule has 0 aliphatic carbocycles. The van der Waals surface area contributed by atoms with Gasteiger partial charge in [-0.1, -0.05) is 23.2 Å². The number of aryl methyl sites for hydroxylation is 1. The Labute approximate surface area is 125 Å². The summed E-state index contributed by atoms with van der Waals surface area (Å²) >= 11 is 12.4. The van der Waals surface area contributed by atoms with Crippen molar-refractivity contribution in [2.75, 3.05) is 19.7 Å². The van der Waals surface area contributed by atoms with Crippen molar-refractivity contribution in [1.82, 2.24) is 5.32 Å². The summed E-state index contributed by atoms with van der Waals surface area (Å²) in [5.41, 5.74) is 1.91. The molecule has 0 spiro atoms. The Morgan fingerprint density at radius 1 is 1.32 bits per heavy atom. The highest BCUT2D eigenvalue weighted by atomic mass is 35.5. The van der Waals surface area contributed by atoms with Gasteiger partial charge in [-0.15, -0.1) is 0 Å². The minimum atomic E-state index is 0.636. The van der Waals surface area contributed by atoms with Crippen LogP contribution in [-0.2, 0) is 0 Å². The maximum absolute atomic E-state index is 6.27. The summed E-state index contributed by atoms with van der Waals surface area (Å²) in [5.74, 6) is 1.48. The van der Waals surface area contributed by atoms with Crippen LogP contribution in [-0.4, -0.2) is 19.7 Å². The second-order valence-electron chi connectivity index (χ2n) is 5.29. The molecule has 1 heterocycles. The van der Waals surface area contributed by atoms with Crippen LogP contribution in [0.15, 0.2) is 6.07 Å². The van der Waals surface area contributed by atoms with E-state index in [9.17, 15) is 0 Å². The fourth-order valence-corrected chi connectivity index (χ4v) is 2.91. The van der Waals surface area contributed by atoms with E-state index in [1.807, 2.05) is 19.9 Å². The molecule has 2 nitrogen and oxygen atoms in total. The Bertz CT molecular complexity index is 442. The number of rotatable bonds is 4. The molecule has 0 aromatic heterocycles. The lowest BCUT2D eigenvalue weighted by atomic mass is 9.97. The first-order valence-electron chi connectivity index (χ1n) is 6.88. The van der Waals surface area contributed by atoms with Crippen molar-refractivity contribution in [1.29, 1.82) is 0 Å². The molecule has 1 aromatic rings. The molecule has 0 saturated carbocycles. The molecule has 0 amide bonds. The van der Waals surface area contributed by atoms with Crippen LogP contribution in [0.2, 0.25) is 10.0 Å². The normalized spacial score (nSPS) is 19.5. The van der Waals surface area contributed by atoms with E-state index in [0.29, 0.717) is 11.6 Å². The SMILES string of the molecule is Cc1cc(OCCC2CCCNC2)c(Cl)c(C)c1Cl. The molecule has 19 heavy (non-hydrogen) atoms. The zero-order chi connectivity index (χ0) is 13.8. The zero-order valence-corrected chi connectivity index (χ0v) is 13.1. The molecular formula is C15H21Cl2NO. The highest BCUT2D eigenvalue weighted by Gasteiger charge is 2.14. The molecule has 0 bridgehead atoms. The first-order valence-corrected chi connectivity index (χ1v) is 7.64. The summed E-state index contributed by atoms with van der Waals surface area (Å²) in [6, 6.07) is 1.93. The Morgan fingerprint density at radius 2 is 2.11 bits per heavy atom. The number of hydrogen-bond donors (Lipinski definition) is 1. The summed E-state index contributed by atoms with van der Waals surface area (Å²) in [6.07, 6.45) is 3.64. The van der Waals surface area contributed by atoms with Crippen LogP contribution in [0.25, 0.3) is 0 Å². The highest BCUT2D eigenvalue weighted by molar-refractivity contribution is 6.37. The third-order valence-corrected chi connectivity index (χ3v) is 4.80. The molecule has 1 saturated heterocycles. The van der Waals surface area contributed by atoms with Gasteiger partial charge in [0.05, 0.1) is 11.6 Å². The molecule has 1 aliphatic heterocycles. The number of hydrogen-bond acceptors (Lipinski definition) is 2. The van der Waals surface area contributed by atoms with Crippen LogP contribution in [0, 0.1) is 19.8 Å². The number of piperidine rings is 1. The average Bonchev–Trinajstić information content (AvgIpc) is 2.43. The van der Waals surface area contributed by atoms with Crippen LogP contribution in [0.3, 0.4) is 0 Å². The lowest BCUT2D eigenvalue weighted by Crippen LogP contribution is -2.30. The van der Waals surface area contributed by atoms with Gasteiger partial charge in [0.25, 0.3) is 0 Å². The summed E-state index contributed by atoms with van der Waals surface area (Å²) in [7, 11) is 0. The van der Waals surface area contributed by atoms with Crippen molar-refractivity contribution in [2.24, 2.45) is 5.92 Å². The van der Waals surface area contributed by atoms with E-state index in [1.165, 1.54) is 12.8 Å².